The van der Waals surface area contributed by atoms with Crippen LogP contribution in [0.15, 0.2) is 0 Å². The minimum atomic E-state index is -1.20. The highest BCUT2D eigenvalue weighted by Gasteiger charge is 2.25. The minimum absolute atomic E-state index is 0.370. The van der Waals surface area contributed by atoms with Crippen molar-refractivity contribution in [2.24, 2.45) is 11.5 Å². The number of carboxylic acids is 1. The van der Waals surface area contributed by atoms with Crippen molar-refractivity contribution in [3.63, 3.8) is 0 Å². The number of unbranched alkanes of at least 4 members (excludes halogenated alkanes) is 1. The van der Waals surface area contributed by atoms with Crippen LogP contribution in [0.4, 0.5) is 0 Å². The average molecular weight is 275 g/mol. The first kappa shape index (κ1) is 17.3. The quantitative estimate of drug-likeness (QED) is 0.298. The Kier molecular flexibility index (Phi) is 8.47. The third-order valence-corrected chi connectivity index (χ3v) is 2.48. The van der Waals surface area contributed by atoms with Gasteiger partial charge in [0.1, 0.15) is 6.04 Å². The van der Waals surface area contributed by atoms with Crippen molar-refractivity contribution in [1.29, 1.82) is 0 Å². The first-order valence-electron chi connectivity index (χ1n) is 5.98. The smallest absolute Gasteiger partial charge is 0.328 e. The maximum Gasteiger partial charge on any atom is 0.328 e. The molecule has 1 amide bonds. The van der Waals surface area contributed by atoms with Crippen LogP contribution in [0.3, 0.4) is 0 Å². The van der Waals surface area contributed by atoms with E-state index in [0.29, 0.717) is 25.8 Å². The van der Waals surface area contributed by atoms with E-state index < -0.39 is 36.4 Å². The molecule has 0 aromatic rings. The van der Waals surface area contributed by atoms with E-state index >= 15 is 0 Å². The fourth-order valence-electron chi connectivity index (χ4n) is 1.44. The van der Waals surface area contributed by atoms with Crippen LogP contribution in [0.25, 0.3) is 0 Å². The van der Waals surface area contributed by atoms with Gasteiger partial charge in [0.05, 0.1) is 19.6 Å². The van der Waals surface area contributed by atoms with E-state index in [-0.39, 0.29) is 0 Å². The molecule has 0 aliphatic heterocycles. The van der Waals surface area contributed by atoms with Gasteiger partial charge in [0.2, 0.25) is 5.91 Å². The Morgan fingerprint density at radius 1 is 1.32 bits per heavy atom. The molecule has 110 valence electrons. The number of nitrogens with two attached hydrogens (primary N) is 2. The summed E-state index contributed by atoms with van der Waals surface area (Å²) in [6.45, 7) is 0.486. The van der Waals surface area contributed by atoms with Crippen LogP contribution in [0.5, 0.6) is 0 Å². The molecule has 0 aromatic heterocycles. The molecule has 0 fully saturated rings. The Labute approximate surface area is 111 Å². The number of esters is 1. The molecule has 0 saturated carbocycles. The lowest BCUT2D eigenvalue weighted by atomic mass is 10.1. The van der Waals surface area contributed by atoms with Gasteiger partial charge in [0.25, 0.3) is 0 Å². The van der Waals surface area contributed by atoms with Crippen molar-refractivity contribution in [3.05, 3.63) is 0 Å². The molecule has 0 aliphatic carbocycles. The van der Waals surface area contributed by atoms with E-state index in [1.807, 2.05) is 0 Å². The summed E-state index contributed by atoms with van der Waals surface area (Å²) in [5, 5.41) is 10.9. The van der Waals surface area contributed by atoms with E-state index in [1.54, 1.807) is 0 Å². The summed E-state index contributed by atoms with van der Waals surface area (Å²) < 4.78 is 4.56. The molecule has 0 unspecified atom stereocenters. The summed E-state index contributed by atoms with van der Waals surface area (Å²) >= 11 is 0. The van der Waals surface area contributed by atoms with Crippen LogP contribution in [0, 0.1) is 0 Å². The molecule has 0 aliphatic rings. The lowest BCUT2D eigenvalue weighted by Crippen LogP contribution is -2.49. The third-order valence-electron chi connectivity index (χ3n) is 2.48. The fraction of sp³-hybridized carbons (Fsp3) is 0.727. The third kappa shape index (κ3) is 7.37. The first-order chi connectivity index (χ1) is 8.92. The number of carbonyl (C=O) groups excluding carboxylic acids is 2. The predicted molar refractivity (Wildman–Crippen MR) is 67.1 cm³/mol. The first-order valence-corrected chi connectivity index (χ1v) is 5.98. The highest BCUT2D eigenvalue weighted by atomic mass is 16.5. The zero-order valence-corrected chi connectivity index (χ0v) is 10.9. The molecular weight excluding hydrogens is 254 g/mol. The van der Waals surface area contributed by atoms with Crippen LogP contribution in [0.1, 0.15) is 25.7 Å². The van der Waals surface area contributed by atoms with Gasteiger partial charge in [0, 0.05) is 0 Å². The predicted octanol–water partition coefficient (Wildman–Crippen LogP) is -1.42. The van der Waals surface area contributed by atoms with E-state index in [2.05, 4.69) is 10.1 Å². The Bertz CT molecular complexity index is 321. The maximum absolute atomic E-state index is 11.6. The molecule has 0 radical (unpaired) electrons. The molecule has 19 heavy (non-hydrogen) atoms. The Hall–Kier alpha value is -1.67. The SMILES string of the molecule is COC(=O)[C@@H](CCCCN)NC(=O)[C@H](N)CC(=O)O. The second kappa shape index (κ2) is 9.29. The highest BCUT2D eigenvalue weighted by molar-refractivity contribution is 5.89. The molecule has 0 bridgehead atoms. The Balaban J connectivity index is 4.41. The van der Waals surface area contributed by atoms with Crippen LogP contribution in [-0.4, -0.2) is 48.7 Å². The molecule has 6 N–H and O–H groups in total. The topological polar surface area (TPSA) is 145 Å². The second-order valence-corrected chi connectivity index (χ2v) is 4.07. The van der Waals surface area contributed by atoms with Gasteiger partial charge in [-0.3, -0.25) is 9.59 Å². The van der Waals surface area contributed by atoms with Crippen LogP contribution < -0.4 is 16.8 Å². The molecule has 0 spiro atoms. The number of ether oxygens (including phenoxy) is 1. The zero-order valence-electron chi connectivity index (χ0n) is 10.9. The Morgan fingerprint density at radius 3 is 2.42 bits per heavy atom. The van der Waals surface area contributed by atoms with Gasteiger partial charge in [-0.15, -0.1) is 0 Å². The summed E-state index contributed by atoms with van der Waals surface area (Å²) in [6, 6.07) is -2.02. The number of hydrogen-bond donors (Lipinski definition) is 4. The number of rotatable bonds is 9. The minimum Gasteiger partial charge on any atom is -0.481 e. The monoisotopic (exact) mass is 275 g/mol. The van der Waals surface area contributed by atoms with Gasteiger partial charge < -0.3 is 26.6 Å². The molecule has 0 heterocycles. The fourth-order valence-corrected chi connectivity index (χ4v) is 1.44. The van der Waals surface area contributed by atoms with Crippen molar-refractivity contribution in [3.8, 4) is 0 Å². The van der Waals surface area contributed by atoms with Crippen LogP contribution in [0.2, 0.25) is 0 Å². The summed E-state index contributed by atoms with van der Waals surface area (Å²) in [7, 11) is 1.21. The lowest BCUT2D eigenvalue weighted by Gasteiger charge is -2.18. The van der Waals surface area contributed by atoms with E-state index in [4.69, 9.17) is 16.6 Å². The van der Waals surface area contributed by atoms with Gasteiger partial charge in [-0.2, -0.15) is 0 Å². The van der Waals surface area contributed by atoms with E-state index in [1.165, 1.54) is 7.11 Å². The number of carboxylic acid groups (broad SMARTS) is 1. The van der Waals surface area contributed by atoms with Gasteiger partial charge in [0.15, 0.2) is 0 Å². The maximum atomic E-state index is 11.6. The van der Waals surface area contributed by atoms with Crippen LogP contribution >= 0.6 is 0 Å². The van der Waals surface area contributed by atoms with Crippen molar-refractivity contribution in [2.75, 3.05) is 13.7 Å². The molecule has 2 atom stereocenters. The van der Waals surface area contributed by atoms with Gasteiger partial charge in [-0.25, -0.2) is 4.79 Å². The van der Waals surface area contributed by atoms with E-state index in [9.17, 15) is 14.4 Å². The molecular formula is C11H21N3O5. The zero-order chi connectivity index (χ0) is 14.8. The lowest BCUT2D eigenvalue weighted by molar-refractivity contribution is -0.145. The summed E-state index contributed by atoms with van der Waals surface area (Å²) in [4.78, 5) is 33.5. The normalized spacial score (nSPS) is 13.4. The number of amides is 1. The summed E-state index contributed by atoms with van der Waals surface area (Å²) in [5.41, 5.74) is 10.7. The van der Waals surface area contributed by atoms with E-state index in [0.717, 1.165) is 0 Å². The van der Waals surface area contributed by atoms with Crippen molar-refractivity contribution >= 4 is 17.8 Å². The standard InChI is InChI=1S/C11H21N3O5/c1-19-11(18)8(4-2-3-5-12)14-10(17)7(13)6-9(15)16/h7-8H,2-6,12-13H2,1H3,(H,14,17)(H,15,16)/t7-,8-/m1/s1. The molecule has 0 saturated heterocycles. The summed E-state index contributed by atoms with van der Waals surface area (Å²) in [5.74, 6) is -2.46. The number of methoxy groups -OCH3 is 1. The average Bonchev–Trinajstić information content (AvgIpc) is 2.35. The van der Waals surface area contributed by atoms with Crippen molar-refractivity contribution in [1.82, 2.24) is 5.32 Å². The number of nitrogens with one attached hydrogen (secondary N) is 1. The second-order valence-electron chi connectivity index (χ2n) is 4.07. The Morgan fingerprint density at radius 2 is 1.95 bits per heavy atom. The molecule has 0 aromatic carbocycles. The summed E-state index contributed by atoms with van der Waals surface area (Å²) in [6.07, 6.45) is 1.23. The number of carbonyl (C=O) groups is 3. The number of hydrogen-bond acceptors (Lipinski definition) is 6. The molecule has 0 rings (SSSR count). The molecule has 8 heteroatoms. The van der Waals surface area contributed by atoms with Crippen molar-refractivity contribution in [2.45, 2.75) is 37.8 Å². The number of aliphatic carboxylic acids is 1. The highest BCUT2D eigenvalue weighted by Crippen LogP contribution is 2.03. The largest absolute Gasteiger partial charge is 0.481 e. The van der Waals surface area contributed by atoms with Gasteiger partial charge in [-0.05, 0) is 25.8 Å². The van der Waals surface area contributed by atoms with Crippen LogP contribution in [-0.2, 0) is 19.1 Å². The van der Waals surface area contributed by atoms with Gasteiger partial charge in [-0.1, -0.05) is 0 Å². The molecule has 8 nitrogen and oxygen atoms in total. The van der Waals surface area contributed by atoms with Gasteiger partial charge >= 0.3 is 11.9 Å². The van der Waals surface area contributed by atoms with Crippen molar-refractivity contribution < 1.29 is 24.2 Å².